The lowest BCUT2D eigenvalue weighted by Gasteiger charge is -2.11. The molecule has 2 amide bonds. The van der Waals surface area contributed by atoms with Gasteiger partial charge < -0.3 is 25.4 Å². The zero-order valence-electron chi connectivity index (χ0n) is 15.9. The number of halogens is 1. The van der Waals surface area contributed by atoms with Crippen LogP contribution in [0.5, 0.6) is 11.5 Å². The highest BCUT2D eigenvalue weighted by Gasteiger charge is 2.16. The number of hydrogen-bond donors (Lipinski definition) is 3. The van der Waals surface area contributed by atoms with E-state index < -0.39 is 11.8 Å². The van der Waals surface area contributed by atoms with Crippen LogP contribution in [0, 0.1) is 17.1 Å². The number of ether oxygens (including phenoxy) is 2. The molecule has 2 aromatic carbocycles. The number of rotatable bonds is 6. The summed E-state index contributed by atoms with van der Waals surface area (Å²) in [5, 5.41) is 18.4. The van der Waals surface area contributed by atoms with Crippen LogP contribution in [0.3, 0.4) is 0 Å². The van der Waals surface area contributed by atoms with Crippen molar-refractivity contribution in [3.8, 4) is 17.6 Å². The summed E-state index contributed by atoms with van der Waals surface area (Å²) in [5.74, 6) is 1.22. The van der Waals surface area contributed by atoms with E-state index in [1.54, 1.807) is 30.3 Å². The second-order valence-electron chi connectivity index (χ2n) is 6.54. The number of amides is 2. The first kappa shape index (κ1) is 19.3. The number of fused-ring (bicyclic) bond motifs is 2. The fourth-order valence-electron chi connectivity index (χ4n) is 3.01. The third-order valence-corrected chi connectivity index (χ3v) is 4.48. The highest BCUT2D eigenvalue weighted by Crippen LogP contribution is 2.36. The minimum absolute atomic E-state index is 0.119. The van der Waals surface area contributed by atoms with Crippen LogP contribution in [-0.4, -0.2) is 30.9 Å². The fraction of sp³-hybridized carbons (Fsp3) is 0.190. The fourth-order valence-corrected chi connectivity index (χ4v) is 3.01. The van der Waals surface area contributed by atoms with Crippen LogP contribution >= 0.6 is 0 Å². The Kier molecular flexibility index (Phi) is 5.48. The van der Waals surface area contributed by atoms with Gasteiger partial charge in [0.25, 0.3) is 0 Å². The second kappa shape index (κ2) is 8.53. The maximum atomic E-state index is 13.5. The Hall–Kier alpha value is -4.06. The van der Waals surface area contributed by atoms with Gasteiger partial charge in [-0.3, -0.25) is 0 Å². The van der Waals surface area contributed by atoms with Crippen molar-refractivity contribution < 1.29 is 18.7 Å². The van der Waals surface area contributed by atoms with Crippen LogP contribution < -0.4 is 25.4 Å². The second-order valence-corrected chi connectivity index (χ2v) is 6.54. The normalized spacial score (nSPS) is 11.7. The first-order chi connectivity index (χ1) is 14.6. The molecule has 8 nitrogen and oxygen atoms in total. The van der Waals surface area contributed by atoms with Crippen molar-refractivity contribution in [2.45, 2.75) is 6.42 Å². The Morgan fingerprint density at radius 1 is 1.17 bits per heavy atom. The number of carbonyl (C=O) groups is 1. The summed E-state index contributed by atoms with van der Waals surface area (Å²) in [5.41, 5.74) is 1.21. The Morgan fingerprint density at radius 3 is 2.77 bits per heavy atom. The predicted octanol–water partition coefficient (Wildman–Crippen LogP) is 3.60. The number of pyridine rings is 1. The average Bonchev–Trinajstić information content (AvgIpc) is 3.20. The molecule has 3 N–H and O–H groups in total. The van der Waals surface area contributed by atoms with Crippen molar-refractivity contribution >= 4 is 28.4 Å². The molecule has 9 heteroatoms. The molecular formula is C21H18FN5O3. The molecule has 1 aliphatic rings. The summed E-state index contributed by atoms with van der Waals surface area (Å²) in [6, 6.07) is 12.9. The summed E-state index contributed by atoms with van der Waals surface area (Å²) in [7, 11) is 0. The van der Waals surface area contributed by atoms with E-state index in [-0.39, 0.29) is 12.5 Å². The van der Waals surface area contributed by atoms with Crippen molar-refractivity contribution in [1.82, 2.24) is 10.3 Å². The van der Waals surface area contributed by atoms with Crippen LogP contribution in [0.4, 0.5) is 20.7 Å². The maximum Gasteiger partial charge on any atom is 0.319 e. The van der Waals surface area contributed by atoms with Crippen LogP contribution in [0.25, 0.3) is 10.9 Å². The Morgan fingerprint density at radius 2 is 1.97 bits per heavy atom. The number of aromatic nitrogens is 1. The molecule has 1 aliphatic heterocycles. The minimum Gasteiger partial charge on any atom is -0.454 e. The van der Waals surface area contributed by atoms with Gasteiger partial charge in [0, 0.05) is 24.5 Å². The van der Waals surface area contributed by atoms with Gasteiger partial charge in [-0.15, -0.1) is 0 Å². The quantitative estimate of drug-likeness (QED) is 0.539. The number of nitriles is 1. The third-order valence-electron chi connectivity index (χ3n) is 4.48. The molecule has 152 valence electrons. The van der Waals surface area contributed by atoms with Gasteiger partial charge >= 0.3 is 6.03 Å². The third kappa shape index (κ3) is 4.17. The van der Waals surface area contributed by atoms with E-state index in [2.05, 4.69) is 27.0 Å². The summed E-state index contributed by atoms with van der Waals surface area (Å²) < 4.78 is 24.3. The first-order valence-corrected chi connectivity index (χ1v) is 9.32. The molecule has 0 unspecified atom stereocenters. The molecule has 0 atom stereocenters. The van der Waals surface area contributed by atoms with Gasteiger partial charge in [0.05, 0.1) is 16.8 Å². The van der Waals surface area contributed by atoms with Crippen LogP contribution in [0.15, 0.2) is 42.5 Å². The number of para-hydroxylation sites is 1. The molecule has 0 saturated carbocycles. The van der Waals surface area contributed by atoms with Crippen LogP contribution in [-0.2, 0) is 0 Å². The predicted molar refractivity (Wildman–Crippen MR) is 109 cm³/mol. The maximum absolute atomic E-state index is 13.5. The highest BCUT2D eigenvalue weighted by atomic mass is 19.1. The Labute approximate surface area is 171 Å². The van der Waals surface area contributed by atoms with E-state index in [1.807, 2.05) is 0 Å². The average molecular weight is 407 g/mol. The summed E-state index contributed by atoms with van der Waals surface area (Å²) in [6.45, 7) is 1.01. The summed E-state index contributed by atoms with van der Waals surface area (Å²) >= 11 is 0. The zero-order chi connectivity index (χ0) is 20.9. The minimum atomic E-state index is -0.497. The van der Waals surface area contributed by atoms with Crippen molar-refractivity contribution in [2.75, 3.05) is 30.5 Å². The first-order valence-electron chi connectivity index (χ1n) is 9.32. The number of benzene rings is 2. The SMILES string of the molecule is N#Cc1cc2cc3c(cc2nc1NCCCNC(=O)Nc1ccccc1F)OCO3. The molecule has 30 heavy (non-hydrogen) atoms. The van der Waals surface area contributed by atoms with E-state index in [9.17, 15) is 14.4 Å². The van der Waals surface area contributed by atoms with Gasteiger partial charge in [-0.1, -0.05) is 12.1 Å². The number of hydrogen-bond acceptors (Lipinski definition) is 6. The molecule has 3 aromatic rings. The van der Waals surface area contributed by atoms with Gasteiger partial charge in [0.2, 0.25) is 6.79 Å². The van der Waals surface area contributed by atoms with E-state index in [0.29, 0.717) is 47.9 Å². The van der Waals surface area contributed by atoms with E-state index in [0.717, 1.165) is 5.39 Å². The molecule has 0 fully saturated rings. The highest BCUT2D eigenvalue weighted by molar-refractivity contribution is 5.89. The topological polar surface area (TPSA) is 108 Å². The molecule has 4 rings (SSSR count). The Balaban J connectivity index is 1.31. The monoisotopic (exact) mass is 407 g/mol. The number of carbonyl (C=O) groups excluding carboxylic acids is 1. The van der Waals surface area contributed by atoms with Gasteiger partial charge in [0.1, 0.15) is 17.7 Å². The molecule has 1 aromatic heterocycles. The molecule has 2 heterocycles. The lowest BCUT2D eigenvalue weighted by Crippen LogP contribution is -2.30. The van der Waals surface area contributed by atoms with E-state index in [1.165, 1.54) is 12.1 Å². The molecule has 0 bridgehead atoms. The van der Waals surface area contributed by atoms with Gasteiger partial charge in [-0.2, -0.15) is 5.26 Å². The van der Waals surface area contributed by atoms with Crippen molar-refractivity contribution in [3.63, 3.8) is 0 Å². The Bertz CT molecular complexity index is 1150. The van der Waals surface area contributed by atoms with Gasteiger partial charge in [0.15, 0.2) is 11.5 Å². The number of urea groups is 1. The van der Waals surface area contributed by atoms with Gasteiger partial charge in [-0.05, 0) is 30.7 Å². The lowest BCUT2D eigenvalue weighted by molar-refractivity contribution is 0.174. The van der Waals surface area contributed by atoms with E-state index >= 15 is 0 Å². The van der Waals surface area contributed by atoms with Crippen LogP contribution in [0.2, 0.25) is 0 Å². The molecule has 0 saturated heterocycles. The zero-order valence-corrected chi connectivity index (χ0v) is 15.9. The van der Waals surface area contributed by atoms with Crippen LogP contribution in [0.1, 0.15) is 12.0 Å². The molecule has 0 aliphatic carbocycles. The standard InChI is InChI=1S/C21H18FN5O3/c22-15-4-1-2-5-16(15)27-21(28)25-7-3-6-24-20-14(11-23)8-13-9-18-19(30-12-29-18)10-17(13)26-20/h1-2,4-5,8-10H,3,6-7,12H2,(H,24,26)(H2,25,27,28). The molecular weight excluding hydrogens is 389 g/mol. The molecule has 0 radical (unpaired) electrons. The summed E-state index contributed by atoms with van der Waals surface area (Å²) in [6.07, 6.45) is 0.580. The number of anilines is 2. The summed E-state index contributed by atoms with van der Waals surface area (Å²) in [4.78, 5) is 16.4. The smallest absolute Gasteiger partial charge is 0.319 e. The molecule has 0 spiro atoms. The van der Waals surface area contributed by atoms with E-state index in [4.69, 9.17) is 9.47 Å². The van der Waals surface area contributed by atoms with Crippen molar-refractivity contribution in [1.29, 1.82) is 5.26 Å². The van der Waals surface area contributed by atoms with Crippen molar-refractivity contribution in [3.05, 3.63) is 53.8 Å². The number of nitrogens with zero attached hydrogens (tertiary/aromatic N) is 2. The van der Waals surface area contributed by atoms with Gasteiger partial charge in [-0.25, -0.2) is 14.2 Å². The largest absolute Gasteiger partial charge is 0.454 e. The van der Waals surface area contributed by atoms with Crippen molar-refractivity contribution in [2.24, 2.45) is 0 Å². The lowest BCUT2D eigenvalue weighted by atomic mass is 10.1. The number of nitrogens with one attached hydrogen (secondary N) is 3.